The zero-order chi connectivity index (χ0) is 20.4. The van der Waals surface area contributed by atoms with Crippen molar-refractivity contribution < 1.29 is 30.3 Å². The fourth-order valence-electron chi connectivity index (χ4n) is 2.82. The topological polar surface area (TPSA) is 79.2 Å². The van der Waals surface area contributed by atoms with Gasteiger partial charge in [-0.3, -0.25) is 0 Å². The van der Waals surface area contributed by atoms with Gasteiger partial charge in [-0.25, -0.2) is 8.78 Å². The number of rotatable bonds is 7. The molecule has 29 heavy (non-hydrogen) atoms. The van der Waals surface area contributed by atoms with E-state index in [0.717, 1.165) is 28.9 Å². The molecule has 3 aromatic rings. The van der Waals surface area contributed by atoms with Gasteiger partial charge in [0.2, 0.25) is 0 Å². The van der Waals surface area contributed by atoms with E-state index < -0.39 is 5.92 Å². The summed E-state index contributed by atoms with van der Waals surface area (Å²) < 4.78 is 37.6. The van der Waals surface area contributed by atoms with E-state index in [1.807, 2.05) is 36.0 Å². The first-order chi connectivity index (χ1) is 13.9. The molecule has 0 spiro atoms. The molecule has 4 heterocycles. The van der Waals surface area contributed by atoms with E-state index in [4.69, 9.17) is 0 Å². The van der Waals surface area contributed by atoms with Crippen molar-refractivity contribution in [3.05, 3.63) is 51.9 Å². The van der Waals surface area contributed by atoms with Gasteiger partial charge in [0.05, 0.1) is 6.54 Å². The summed E-state index contributed by atoms with van der Waals surface area (Å²) in [7, 11) is 0. The molecular formula is C18H19F2IN7S-. The van der Waals surface area contributed by atoms with Crippen LogP contribution in [-0.4, -0.2) is 31.2 Å². The van der Waals surface area contributed by atoms with Gasteiger partial charge >= 0.3 is 148 Å². The number of anilines is 2. The Labute approximate surface area is 181 Å². The van der Waals surface area contributed by atoms with Crippen molar-refractivity contribution in [3.63, 3.8) is 0 Å². The van der Waals surface area contributed by atoms with Gasteiger partial charge < -0.3 is 5.32 Å². The number of allylic oxidation sites excluding steroid dienone is 2. The number of imidazole rings is 1. The number of halogens is 3. The fraction of sp³-hybridized carbons (Fsp3) is 0.278. The van der Waals surface area contributed by atoms with Crippen molar-refractivity contribution in [2.45, 2.75) is 26.3 Å². The maximum absolute atomic E-state index is 12.9. The molecule has 1 aliphatic rings. The number of aryl methyl sites for hydroxylation is 1. The van der Waals surface area contributed by atoms with Gasteiger partial charge in [0.1, 0.15) is 0 Å². The van der Waals surface area contributed by atoms with Crippen LogP contribution in [0, 0.1) is 6.92 Å². The van der Waals surface area contributed by atoms with E-state index in [1.54, 1.807) is 0 Å². The van der Waals surface area contributed by atoms with Crippen LogP contribution in [0.5, 0.6) is 0 Å². The molecule has 0 bridgehead atoms. The maximum atomic E-state index is 12.9. The number of alkyl halides is 2. The Morgan fingerprint density at radius 1 is 1.38 bits per heavy atom. The quantitative estimate of drug-likeness (QED) is 0.304. The average molecular weight is 530 g/mol. The van der Waals surface area contributed by atoms with E-state index in [2.05, 4.69) is 38.7 Å². The molecule has 1 aliphatic heterocycles. The number of aromatic nitrogens is 4. The van der Waals surface area contributed by atoms with Crippen LogP contribution < -0.4 is 35.6 Å². The monoisotopic (exact) mass is 530 g/mol. The van der Waals surface area contributed by atoms with Crippen LogP contribution in [0.25, 0.3) is 11.2 Å². The molecule has 4 rings (SSSR count). The molecule has 0 radical (unpaired) electrons. The van der Waals surface area contributed by atoms with E-state index >= 15 is 0 Å². The minimum atomic E-state index is -2.74. The Morgan fingerprint density at radius 2 is 2.24 bits per heavy atom. The van der Waals surface area contributed by atoms with Crippen LogP contribution in [0.1, 0.15) is 24.0 Å². The molecule has 0 unspecified atom stereocenters. The molecule has 7 nitrogen and oxygen atoms in total. The molecule has 0 aromatic carbocycles. The number of fused-ring (bicyclic) bond motifs is 1. The van der Waals surface area contributed by atoms with Gasteiger partial charge in [-0.2, -0.15) is 0 Å². The Kier molecular flexibility index (Phi) is 5.79. The molecule has 0 amide bonds. The van der Waals surface area contributed by atoms with E-state index in [-0.39, 0.29) is 34.6 Å². The number of nitrogens with zero attached hydrogens (tertiary/aromatic N) is 4. The number of nitrogens with one attached hydrogen (secondary N) is 3. The van der Waals surface area contributed by atoms with E-state index in [1.165, 1.54) is 11.5 Å². The van der Waals surface area contributed by atoms with Crippen LogP contribution in [0.2, 0.25) is 0 Å². The first-order valence-electron chi connectivity index (χ1n) is 8.80. The van der Waals surface area contributed by atoms with E-state index in [9.17, 15) is 8.78 Å². The second-order valence-corrected chi connectivity index (χ2v) is 9.43. The van der Waals surface area contributed by atoms with Crippen LogP contribution >= 0.6 is 11.5 Å². The van der Waals surface area contributed by atoms with Gasteiger partial charge in [0.25, 0.3) is 5.92 Å². The predicted octanol–water partition coefficient (Wildman–Crippen LogP) is 0.444. The summed E-state index contributed by atoms with van der Waals surface area (Å²) in [4.78, 5) is 9.13. The first kappa shape index (κ1) is 20.2. The molecule has 0 fully saturated rings. The predicted molar refractivity (Wildman–Crippen MR) is 106 cm³/mol. The summed E-state index contributed by atoms with van der Waals surface area (Å²) in [6, 6.07) is 1.83. The Hall–Kier alpha value is -2.12. The third-order valence-electron chi connectivity index (χ3n) is 4.03. The van der Waals surface area contributed by atoms with Crippen molar-refractivity contribution in [2.75, 3.05) is 11.9 Å². The zero-order valence-corrected chi connectivity index (χ0v) is 18.7. The Morgan fingerprint density at radius 3 is 3.00 bits per heavy atom. The summed E-state index contributed by atoms with van der Waals surface area (Å²) in [6.07, 6.45) is 7.91. The van der Waals surface area contributed by atoms with Crippen molar-refractivity contribution >= 4 is 33.6 Å². The second-order valence-electron chi connectivity index (χ2n) is 6.66. The second kappa shape index (κ2) is 8.32. The van der Waals surface area contributed by atoms with Crippen LogP contribution in [0.15, 0.2) is 34.8 Å². The third kappa shape index (κ3) is 4.90. The Balaban J connectivity index is 1.55. The third-order valence-corrected chi connectivity index (χ3v) is 6.16. The molecule has 11 heteroatoms. The SMILES string of the molecule is Cc1cn2c(C3=CN[I-]C=C3)cnc2c(Nc2cc(CNCC(C)(F)F)ns2)n1. The van der Waals surface area contributed by atoms with Gasteiger partial charge in [-0.05, 0) is 0 Å². The normalized spacial score (nSPS) is 14.4. The molecule has 0 saturated heterocycles. The molecule has 0 atom stereocenters. The number of hydrogen-bond donors (Lipinski definition) is 3. The van der Waals surface area contributed by atoms with Crippen LogP contribution in [-0.2, 0) is 6.54 Å². The molecule has 3 N–H and O–H groups in total. The standard InChI is InChI=1S/C18H19F2IN7S/c1-11-9-28-14(12-3-4-21-24-6-12)8-23-17(28)16(25-11)26-15-5-13(27-29-15)7-22-10-18(2,19)20/h3-6,8-9,22,24H,7,10H2,1-2H3,(H,25,26)/q-1. The summed E-state index contributed by atoms with van der Waals surface area (Å²) in [5.41, 5.74) is 4.30. The van der Waals surface area contributed by atoms with Crippen molar-refractivity contribution in [3.8, 4) is 0 Å². The molecule has 0 aliphatic carbocycles. The molecule has 0 saturated carbocycles. The summed E-state index contributed by atoms with van der Waals surface area (Å²) >= 11 is 1.15. The van der Waals surface area contributed by atoms with Crippen molar-refractivity contribution in [1.29, 1.82) is 0 Å². The van der Waals surface area contributed by atoms with Crippen molar-refractivity contribution in [1.82, 2.24) is 27.6 Å². The van der Waals surface area contributed by atoms with Gasteiger partial charge in [0.15, 0.2) is 0 Å². The molecular weight excluding hydrogens is 511 g/mol. The van der Waals surface area contributed by atoms with Gasteiger partial charge in [0, 0.05) is 6.92 Å². The minimum absolute atomic E-state index is 0.104. The van der Waals surface area contributed by atoms with Crippen LogP contribution in [0.3, 0.4) is 0 Å². The Bertz CT molecular complexity index is 1080. The van der Waals surface area contributed by atoms with Gasteiger partial charge in [-0.1, -0.05) is 0 Å². The molecule has 3 aromatic heterocycles. The van der Waals surface area contributed by atoms with E-state index in [0.29, 0.717) is 17.2 Å². The summed E-state index contributed by atoms with van der Waals surface area (Å²) in [5.74, 6) is -2.12. The van der Waals surface area contributed by atoms with Gasteiger partial charge in [-0.15, -0.1) is 0 Å². The zero-order valence-electron chi connectivity index (χ0n) is 15.7. The molecule has 154 valence electrons. The fourth-order valence-corrected chi connectivity index (χ4v) is 4.77. The van der Waals surface area contributed by atoms with Crippen LogP contribution in [0.4, 0.5) is 19.6 Å². The average Bonchev–Trinajstić information content (AvgIpc) is 3.28. The van der Waals surface area contributed by atoms with Crippen molar-refractivity contribution in [2.24, 2.45) is 0 Å². The summed E-state index contributed by atoms with van der Waals surface area (Å²) in [6.45, 7) is 2.71. The number of hydrogen-bond acceptors (Lipinski definition) is 7. The first-order valence-corrected chi connectivity index (χ1v) is 11.9. The summed E-state index contributed by atoms with van der Waals surface area (Å²) in [5, 5.41) is 6.76.